The summed E-state index contributed by atoms with van der Waals surface area (Å²) >= 11 is 0. The van der Waals surface area contributed by atoms with Gasteiger partial charge in [0.2, 0.25) is 0 Å². The number of rotatable bonds is 5. The van der Waals surface area contributed by atoms with E-state index in [2.05, 4.69) is 9.97 Å². The Kier molecular flexibility index (Phi) is 4.29. The number of aldehydes is 1. The molecule has 3 rings (SSSR count). The summed E-state index contributed by atoms with van der Waals surface area (Å²) in [6.45, 7) is 3.80. The second-order valence-corrected chi connectivity index (χ2v) is 5.14. The maximum Gasteiger partial charge on any atom is 0.358 e. The van der Waals surface area contributed by atoms with Crippen LogP contribution in [-0.4, -0.2) is 28.8 Å². The molecule has 0 saturated heterocycles. The molecule has 1 aromatic carbocycles. The number of H-pyrrole nitrogens is 1. The molecule has 0 amide bonds. The van der Waals surface area contributed by atoms with Crippen LogP contribution in [0.2, 0.25) is 0 Å². The molecule has 0 saturated carbocycles. The first-order chi connectivity index (χ1) is 11.6. The van der Waals surface area contributed by atoms with Crippen LogP contribution in [0.25, 0.3) is 22.7 Å². The van der Waals surface area contributed by atoms with E-state index in [1.165, 1.54) is 0 Å². The molecule has 0 aliphatic carbocycles. The van der Waals surface area contributed by atoms with Crippen LogP contribution in [0.1, 0.15) is 33.7 Å². The van der Waals surface area contributed by atoms with Crippen molar-refractivity contribution >= 4 is 12.3 Å². The number of hydrogen-bond donors (Lipinski definition) is 1. The summed E-state index contributed by atoms with van der Waals surface area (Å²) in [5.74, 6) is 0.883. The van der Waals surface area contributed by atoms with E-state index in [4.69, 9.17) is 9.15 Å². The molecule has 2 aromatic heterocycles. The lowest BCUT2D eigenvalue weighted by Crippen LogP contribution is -2.06. The van der Waals surface area contributed by atoms with Gasteiger partial charge in [0.25, 0.3) is 0 Å². The molecule has 6 heteroatoms. The van der Waals surface area contributed by atoms with Crippen molar-refractivity contribution in [1.29, 1.82) is 0 Å². The van der Waals surface area contributed by atoms with Crippen LogP contribution in [0.3, 0.4) is 0 Å². The number of carbonyl (C=O) groups is 2. The number of furan rings is 1. The van der Waals surface area contributed by atoms with Crippen molar-refractivity contribution in [3.05, 3.63) is 53.5 Å². The summed E-state index contributed by atoms with van der Waals surface area (Å²) in [7, 11) is 0. The van der Waals surface area contributed by atoms with E-state index in [0.29, 0.717) is 23.6 Å². The number of hydrogen-bond acceptors (Lipinski definition) is 5. The Balaban J connectivity index is 2.06. The Hall–Kier alpha value is -3.15. The van der Waals surface area contributed by atoms with E-state index in [1.54, 1.807) is 26.0 Å². The molecule has 0 radical (unpaired) electrons. The summed E-state index contributed by atoms with van der Waals surface area (Å²) in [6.07, 6.45) is 0.655. The third-order valence-electron chi connectivity index (χ3n) is 3.54. The topological polar surface area (TPSA) is 85.2 Å². The molecular formula is C18H16N2O4. The average Bonchev–Trinajstić information content (AvgIpc) is 3.21. The number of aromatic amines is 1. The predicted molar refractivity (Wildman–Crippen MR) is 87.8 cm³/mol. The number of ether oxygens (including phenoxy) is 1. The zero-order valence-electron chi connectivity index (χ0n) is 13.3. The lowest BCUT2D eigenvalue weighted by Gasteiger charge is -2.04. The van der Waals surface area contributed by atoms with Gasteiger partial charge < -0.3 is 14.1 Å². The molecule has 0 aliphatic heterocycles. The van der Waals surface area contributed by atoms with Gasteiger partial charge in [-0.1, -0.05) is 24.3 Å². The average molecular weight is 324 g/mol. The molecule has 6 nitrogen and oxygen atoms in total. The first kappa shape index (κ1) is 15.7. The smallest absolute Gasteiger partial charge is 0.358 e. The Labute approximate surface area is 138 Å². The van der Waals surface area contributed by atoms with Crippen molar-refractivity contribution in [2.75, 3.05) is 6.61 Å². The number of esters is 1. The van der Waals surface area contributed by atoms with Gasteiger partial charge in [0, 0.05) is 16.8 Å². The second-order valence-electron chi connectivity index (χ2n) is 5.14. The number of carbonyl (C=O) groups excluding carboxylic acids is 2. The van der Waals surface area contributed by atoms with Gasteiger partial charge in [-0.05, 0) is 26.0 Å². The number of nitrogens with zero attached hydrogens (tertiary/aromatic N) is 1. The van der Waals surface area contributed by atoms with Crippen LogP contribution >= 0.6 is 0 Å². The fraction of sp³-hybridized carbons (Fsp3) is 0.167. The van der Waals surface area contributed by atoms with Gasteiger partial charge in [-0.15, -0.1) is 0 Å². The molecule has 24 heavy (non-hydrogen) atoms. The van der Waals surface area contributed by atoms with Crippen molar-refractivity contribution in [3.8, 4) is 22.7 Å². The highest BCUT2D eigenvalue weighted by atomic mass is 16.5. The van der Waals surface area contributed by atoms with Crippen molar-refractivity contribution < 1.29 is 18.7 Å². The normalized spacial score (nSPS) is 10.6. The van der Waals surface area contributed by atoms with Gasteiger partial charge in [0.1, 0.15) is 11.6 Å². The van der Waals surface area contributed by atoms with E-state index in [9.17, 15) is 9.59 Å². The van der Waals surface area contributed by atoms with Gasteiger partial charge in [0.15, 0.2) is 17.7 Å². The minimum Gasteiger partial charge on any atom is -0.461 e. The summed E-state index contributed by atoms with van der Waals surface area (Å²) in [6, 6.07) is 10.8. The maximum absolute atomic E-state index is 11.9. The third-order valence-corrected chi connectivity index (χ3v) is 3.54. The zero-order valence-corrected chi connectivity index (χ0v) is 13.3. The van der Waals surface area contributed by atoms with Crippen LogP contribution in [-0.2, 0) is 4.74 Å². The number of aryl methyl sites for hydroxylation is 1. The van der Waals surface area contributed by atoms with Gasteiger partial charge in [0.05, 0.1) is 6.61 Å². The summed E-state index contributed by atoms with van der Waals surface area (Å²) in [4.78, 5) is 30.3. The Morgan fingerprint density at radius 1 is 1.25 bits per heavy atom. The SMILES string of the molecule is CCOC(=O)c1nc(-c2ccccc2-c2ccc(C=O)o2)[nH]c1C. The first-order valence-electron chi connectivity index (χ1n) is 7.52. The molecule has 3 aromatic rings. The molecule has 0 fully saturated rings. The Bertz CT molecular complexity index is 892. The standard InChI is InChI=1S/C18H16N2O4/c1-3-23-18(22)16-11(2)19-17(20-16)14-7-5-4-6-13(14)15-9-8-12(10-21)24-15/h4-10H,3H2,1-2H3,(H,19,20). The van der Waals surface area contributed by atoms with E-state index >= 15 is 0 Å². The van der Waals surface area contributed by atoms with Gasteiger partial charge in [-0.2, -0.15) is 0 Å². The summed E-state index contributed by atoms with van der Waals surface area (Å²) in [5.41, 5.74) is 2.43. The van der Waals surface area contributed by atoms with Crippen molar-refractivity contribution in [2.24, 2.45) is 0 Å². The lowest BCUT2D eigenvalue weighted by atomic mass is 10.1. The largest absolute Gasteiger partial charge is 0.461 e. The molecule has 0 aliphatic rings. The van der Waals surface area contributed by atoms with Crippen LogP contribution in [0, 0.1) is 6.92 Å². The molecule has 0 spiro atoms. The number of imidazole rings is 1. The molecule has 0 atom stereocenters. The minimum atomic E-state index is -0.462. The second kappa shape index (κ2) is 6.54. The quantitative estimate of drug-likeness (QED) is 0.572. The van der Waals surface area contributed by atoms with E-state index in [1.807, 2.05) is 24.3 Å². The fourth-order valence-corrected chi connectivity index (χ4v) is 2.45. The number of aromatic nitrogens is 2. The lowest BCUT2D eigenvalue weighted by molar-refractivity contribution is 0.0519. The maximum atomic E-state index is 11.9. The van der Waals surface area contributed by atoms with E-state index in [-0.39, 0.29) is 18.1 Å². The molecule has 1 N–H and O–H groups in total. The summed E-state index contributed by atoms with van der Waals surface area (Å²) in [5, 5.41) is 0. The highest BCUT2D eigenvalue weighted by molar-refractivity contribution is 5.90. The molecule has 122 valence electrons. The van der Waals surface area contributed by atoms with E-state index < -0.39 is 5.97 Å². The fourth-order valence-electron chi connectivity index (χ4n) is 2.45. The van der Waals surface area contributed by atoms with Gasteiger partial charge in [-0.3, -0.25) is 4.79 Å². The molecule has 0 unspecified atom stereocenters. The van der Waals surface area contributed by atoms with Gasteiger partial charge >= 0.3 is 5.97 Å². The number of nitrogens with one attached hydrogen (secondary N) is 1. The minimum absolute atomic E-state index is 0.252. The highest BCUT2D eigenvalue weighted by Gasteiger charge is 2.19. The Morgan fingerprint density at radius 3 is 2.67 bits per heavy atom. The monoisotopic (exact) mass is 324 g/mol. The van der Waals surface area contributed by atoms with Crippen LogP contribution < -0.4 is 0 Å². The van der Waals surface area contributed by atoms with E-state index in [0.717, 1.165) is 11.1 Å². The summed E-state index contributed by atoms with van der Waals surface area (Å²) < 4.78 is 10.5. The molecular weight excluding hydrogens is 308 g/mol. The van der Waals surface area contributed by atoms with Gasteiger partial charge in [-0.25, -0.2) is 9.78 Å². The van der Waals surface area contributed by atoms with Crippen molar-refractivity contribution in [2.45, 2.75) is 13.8 Å². The highest BCUT2D eigenvalue weighted by Crippen LogP contribution is 2.32. The van der Waals surface area contributed by atoms with Crippen LogP contribution in [0.15, 0.2) is 40.8 Å². The van der Waals surface area contributed by atoms with Crippen LogP contribution in [0.5, 0.6) is 0 Å². The van der Waals surface area contributed by atoms with Crippen molar-refractivity contribution in [1.82, 2.24) is 9.97 Å². The third kappa shape index (κ3) is 2.86. The Morgan fingerprint density at radius 2 is 2.00 bits per heavy atom. The molecule has 2 heterocycles. The van der Waals surface area contributed by atoms with Crippen LogP contribution in [0.4, 0.5) is 0 Å². The van der Waals surface area contributed by atoms with Crippen molar-refractivity contribution in [3.63, 3.8) is 0 Å². The predicted octanol–water partition coefficient (Wildman–Crippen LogP) is 3.63. The number of benzene rings is 1. The first-order valence-corrected chi connectivity index (χ1v) is 7.52. The zero-order chi connectivity index (χ0) is 17.1. The molecule has 0 bridgehead atoms.